The molecule has 0 bridgehead atoms. The lowest BCUT2D eigenvalue weighted by atomic mass is 9.89. The molecular formula is C17H27N3O4S. The number of rotatable bonds is 7. The van der Waals surface area contributed by atoms with Gasteiger partial charge in [-0.1, -0.05) is 19.3 Å². The van der Waals surface area contributed by atoms with Gasteiger partial charge in [-0.15, -0.1) is 0 Å². The van der Waals surface area contributed by atoms with Gasteiger partial charge in [-0.25, -0.2) is 8.42 Å². The third-order valence-corrected chi connectivity index (χ3v) is 5.94. The quantitative estimate of drug-likeness (QED) is 0.763. The van der Waals surface area contributed by atoms with Gasteiger partial charge in [0.25, 0.3) is 5.56 Å². The maximum atomic E-state index is 12.5. The lowest BCUT2D eigenvalue weighted by Gasteiger charge is -2.22. The number of anilines is 1. The van der Waals surface area contributed by atoms with E-state index in [1.807, 2.05) is 0 Å². The van der Waals surface area contributed by atoms with E-state index in [2.05, 4.69) is 10.0 Å². The highest BCUT2D eigenvalue weighted by Crippen LogP contribution is 2.22. The normalized spacial score (nSPS) is 15.8. The fraction of sp³-hybridized carbons (Fsp3) is 0.647. The molecule has 1 saturated carbocycles. The van der Waals surface area contributed by atoms with E-state index < -0.39 is 15.6 Å². The minimum Gasteiger partial charge on any atom is -0.354 e. The van der Waals surface area contributed by atoms with Crippen molar-refractivity contribution in [1.29, 1.82) is 0 Å². The van der Waals surface area contributed by atoms with E-state index >= 15 is 0 Å². The van der Waals surface area contributed by atoms with Crippen LogP contribution in [-0.2, 0) is 21.4 Å². The zero-order valence-corrected chi connectivity index (χ0v) is 15.7. The SMILES string of the molecule is CCS(=O)(=O)Nc1ccc(C)n(CC(=O)NCC2CCCCC2)c1=O. The molecule has 0 aliphatic heterocycles. The van der Waals surface area contributed by atoms with Crippen LogP contribution in [0.2, 0.25) is 0 Å². The molecule has 1 aliphatic rings. The molecule has 2 rings (SSSR count). The number of hydrogen-bond acceptors (Lipinski definition) is 4. The summed E-state index contributed by atoms with van der Waals surface area (Å²) in [6, 6.07) is 3.06. The van der Waals surface area contributed by atoms with Gasteiger partial charge in [-0.2, -0.15) is 0 Å². The molecule has 1 aromatic heterocycles. The summed E-state index contributed by atoms with van der Waals surface area (Å²) in [6.07, 6.45) is 5.94. The molecule has 0 aromatic carbocycles. The molecule has 0 radical (unpaired) electrons. The van der Waals surface area contributed by atoms with Crippen molar-refractivity contribution >= 4 is 21.6 Å². The van der Waals surface area contributed by atoms with Crippen LogP contribution < -0.4 is 15.6 Å². The Morgan fingerprint density at radius 1 is 1.24 bits per heavy atom. The summed E-state index contributed by atoms with van der Waals surface area (Å²) in [4.78, 5) is 24.7. The Bertz CT molecular complexity index is 765. The molecule has 1 heterocycles. The molecule has 1 aromatic rings. The zero-order valence-electron chi connectivity index (χ0n) is 14.9. The van der Waals surface area contributed by atoms with Crippen molar-refractivity contribution < 1.29 is 13.2 Å². The van der Waals surface area contributed by atoms with E-state index in [1.54, 1.807) is 13.0 Å². The van der Waals surface area contributed by atoms with Gasteiger partial charge in [0.05, 0.1) is 5.75 Å². The number of aryl methyl sites for hydroxylation is 1. The number of carbonyl (C=O) groups excluding carboxylic acids is 1. The number of pyridine rings is 1. The molecule has 25 heavy (non-hydrogen) atoms. The second-order valence-corrected chi connectivity index (χ2v) is 8.60. The third-order valence-electron chi connectivity index (χ3n) is 4.65. The van der Waals surface area contributed by atoms with Gasteiger partial charge in [0.1, 0.15) is 12.2 Å². The van der Waals surface area contributed by atoms with Gasteiger partial charge >= 0.3 is 0 Å². The maximum Gasteiger partial charge on any atom is 0.275 e. The van der Waals surface area contributed by atoms with E-state index in [0.717, 1.165) is 12.8 Å². The second kappa shape index (κ2) is 8.51. The average Bonchev–Trinajstić information content (AvgIpc) is 2.60. The summed E-state index contributed by atoms with van der Waals surface area (Å²) >= 11 is 0. The predicted molar refractivity (Wildman–Crippen MR) is 98.1 cm³/mol. The van der Waals surface area contributed by atoms with E-state index in [4.69, 9.17) is 0 Å². The second-order valence-electron chi connectivity index (χ2n) is 6.59. The number of carbonyl (C=O) groups is 1. The molecule has 1 amide bonds. The van der Waals surface area contributed by atoms with Gasteiger partial charge in [-0.3, -0.25) is 14.3 Å². The van der Waals surface area contributed by atoms with Crippen LogP contribution in [0, 0.1) is 12.8 Å². The van der Waals surface area contributed by atoms with Crippen molar-refractivity contribution in [2.75, 3.05) is 17.0 Å². The van der Waals surface area contributed by atoms with Crippen LogP contribution in [0.5, 0.6) is 0 Å². The van der Waals surface area contributed by atoms with Crippen molar-refractivity contribution in [3.8, 4) is 0 Å². The topological polar surface area (TPSA) is 97.3 Å². The van der Waals surface area contributed by atoms with E-state index in [1.165, 1.54) is 36.8 Å². The van der Waals surface area contributed by atoms with Gasteiger partial charge in [0.15, 0.2) is 0 Å². The van der Waals surface area contributed by atoms with Crippen molar-refractivity contribution in [3.05, 3.63) is 28.2 Å². The lowest BCUT2D eigenvalue weighted by Crippen LogP contribution is -2.37. The molecule has 1 fully saturated rings. The first-order chi connectivity index (χ1) is 11.8. The van der Waals surface area contributed by atoms with Gasteiger partial charge in [-0.05, 0) is 44.7 Å². The van der Waals surface area contributed by atoms with E-state index in [0.29, 0.717) is 18.2 Å². The fourth-order valence-electron chi connectivity index (χ4n) is 3.03. The number of nitrogens with one attached hydrogen (secondary N) is 2. The van der Waals surface area contributed by atoms with E-state index in [9.17, 15) is 18.0 Å². The maximum absolute atomic E-state index is 12.5. The minimum absolute atomic E-state index is 0.0347. The number of sulfonamides is 1. The molecule has 1 aliphatic carbocycles. The summed E-state index contributed by atoms with van der Waals surface area (Å²) in [6.45, 7) is 3.73. The largest absolute Gasteiger partial charge is 0.354 e. The van der Waals surface area contributed by atoms with Crippen molar-refractivity contribution in [1.82, 2.24) is 9.88 Å². The first-order valence-corrected chi connectivity index (χ1v) is 10.4. The molecule has 0 spiro atoms. The Labute approximate surface area is 148 Å². The summed E-state index contributed by atoms with van der Waals surface area (Å²) in [7, 11) is -3.54. The van der Waals surface area contributed by atoms with Gasteiger partial charge in [0.2, 0.25) is 15.9 Å². The molecule has 0 atom stereocenters. The summed E-state index contributed by atoms with van der Waals surface area (Å²) in [5, 5.41) is 2.90. The smallest absolute Gasteiger partial charge is 0.275 e. The fourth-order valence-corrected chi connectivity index (χ4v) is 3.67. The Hall–Kier alpha value is -1.83. The highest BCUT2D eigenvalue weighted by atomic mass is 32.2. The zero-order chi connectivity index (χ0) is 18.4. The van der Waals surface area contributed by atoms with Crippen LogP contribution in [0.3, 0.4) is 0 Å². The number of amides is 1. The first-order valence-electron chi connectivity index (χ1n) is 8.80. The van der Waals surface area contributed by atoms with Crippen LogP contribution in [0.4, 0.5) is 5.69 Å². The van der Waals surface area contributed by atoms with Crippen LogP contribution in [0.25, 0.3) is 0 Å². The predicted octanol–water partition coefficient (Wildman–Crippen LogP) is 1.61. The van der Waals surface area contributed by atoms with Crippen molar-refractivity contribution in [2.45, 2.75) is 52.5 Å². The minimum atomic E-state index is -3.54. The monoisotopic (exact) mass is 369 g/mol. The lowest BCUT2D eigenvalue weighted by molar-refractivity contribution is -0.122. The van der Waals surface area contributed by atoms with Crippen LogP contribution in [-0.4, -0.2) is 31.2 Å². The molecular weight excluding hydrogens is 342 g/mol. The van der Waals surface area contributed by atoms with Gasteiger partial charge in [0, 0.05) is 12.2 Å². The standard InChI is InChI=1S/C17H27N3O4S/c1-3-25(23,24)19-15-10-9-13(2)20(17(15)22)12-16(21)18-11-14-7-5-4-6-8-14/h9-10,14,19H,3-8,11-12H2,1-2H3,(H,18,21). The van der Waals surface area contributed by atoms with Crippen molar-refractivity contribution in [3.63, 3.8) is 0 Å². The van der Waals surface area contributed by atoms with Crippen LogP contribution >= 0.6 is 0 Å². The van der Waals surface area contributed by atoms with Crippen molar-refractivity contribution in [2.24, 2.45) is 5.92 Å². The highest BCUT2D eigenvalue weighted by Gasteiger charge is 2.16. The molecule has 8 heteroatoms. The summed E-state index contributed by atoms with van der Waals surface area (Å²) in [5.74, 6) is 0.159. The molecule has 2 N–H and O–H groups in total. The van der Waals surface area contributed by atoms with Gasteiger partial charge < -0.3 is 9.88 Å². The third kappa shape index (κ3) is 5.59. The van der Waals surface area contributed by atoms with Crippen LogP contribution in [0.15, 0.2) is 16.9 Å². The van der Waals surface area contributed by atoms with Crippen LogP contribution in [0.1, 0.15) is 44.7 Å². The molecule has 0 unspecified atom stereocenters. The Kier molecular flexibility index (Phi) is 6.64. The molecule has 7 nitrogen and oxygen atoms in total. The summed E-state index contributed by atoms with van der Waals surface area (Å²) < 4.78 is 26.9. The Morgan fingerprint density at radius 2 is 1.92 bits per heavy atom. The highest BCUT2D eigenvalue weighted by molar-refractivity contribution is 7.92. The van der Waals surface area contributed by atoms with E-state index in [-0.39, 0.29) is 23.9 Å². The Morgan fingerprint density at radius 3 is 2.56 bits per heavy atom. The Balaban J connectivity index is 2.05. The summed E-state index contributed by atoms with van der Waals surface area (Å²) in [5.41, 5.74) is 0.0645. The number of aromatic nitrogens is 1. The molecule has 140 valence electrons. The first kappa shape index (κ1) is 19.5. The average molecular weight is 369 g/mol. The molecule has 0 saturated heterocycles. The number of hydrogen-bond donors (Lipinski definition) is 2. The number of nitrogens with zero attached hydrogens (tertiary/aromatic N) is 1.